The number of amides is 1. The van der Waals surface area contributed by atoms with Crippen LogP contribution in [0.25, 0.3) is 0 Å². The number of carbonyl (C=O) groups is 1. The lowest BCUT2D eigenvalue weighted by molar-refractivity contribution is -0.127. The van der Waals surface area contributed by atoms with E-state index in [0.717, 1.165) is 31.4 Å². The van der Waals surface area contributed by atoms with Crippen LogP contribution in [0.5, 0.6) is 0 Å². The van der Waals surface area contributed by atoms with E-state index in [4.69, 9.17) is 9.15 Å². The van der Waals surface area contributed by atoms with Crippen LogP contribution < -0.4 is 5.32 Å². The number of ether oxygens (including phenoxy) is 1. The van der Waals surface area contributed by atoms with Crippen molar-refractivity contribution in [2.45, 2.75) is 38.3 Å². The van der Waals surface area contributed by atoms with Crippen molar-refractivity contribution in [2.75, 3.05) is 7.11 Å². The Balaban J connectivity index is 1.73. The maximum atomic E-state index is 11.9. The lowest BCUT2D eigenvalue weighted by atomic mass is 9.87. The average Bonchev–Trinajstić information content (AvgIpc) is 2.89. The summed E-state index contributed by atoms with van der Waals surface area (Å²) in [7, 11) is 1.74. The molecule has 0 saturated heterocycles. The van der Waals surface area contributed by atoms with Gasteiger partial charge in [-0.1, -0.05) is 0 Å². The first-order valence-corrected chi connectivity index (χ1v) is 6.12. The van der Waals surface area contributed by atoms with Crippen LogP contribution in [0.3, 0.4) is 0 Å². The molecule has 17 heavy (non-hydrogen) atoms. The summed E-state index contributed by atoms with van der Waals surface area (Å²) in [4.78, 5) is 11.9. The van der Waals surface area contributed by atoms with Gasteiger partial charge in [0.25, 0.3) is 0 Å². The van der Waals surface area contributed by atoms with E-state index < -0.39 is 0 Å². The molecule has 1 aliphatic carbocycles. The molecule has 1 aromatic heterocycles. The van der Waals surface area contributed by atoms with Gasteiger partial charge in [-0.15, -0.1) is 0 Å². The Morgan fingerprint density at radius 2 is 2.24 bits per heavy atom. The molecular formula is C13H19NO3. The fourth-order valence-electron chi connectivity index (χ4n) is 2.29. The highest BCUT2D eigenvalue weighted by Crippen LogP contribution is 2.25. The molecule has 4 nitrogen and oxygen atoms in total. The van der Waals surface area contributed by atoms with Crippen LogP contribution in [0.1, 0.15) is 31.4 Å². The van der Waals surface area contributed by atoms with Gasteiger partial charge < -0.3 is 14.5 Å². The molecule has 0 spiro atoms. The van der Waals surface area contributed by atoms with E-state index >= 15 is 0 Å². The van der Waals surface area contributed by atoms with Crippen molar-refractivity contribution in [3.05, 3.63) is 24.2 Å². The summed E-state index contributed by atoms with van der Waals surface area (Å²) in [5.41, 5.74) is 0. The van der Waals surface area contributed by atoms with Gasteiger partial charge in [0.2, 0.25) is 5.91 Å². The number of rotatable bonds is 4. The molecule has 1 saturated carbocycles. The molecule has 4 heteroatoms. The second kappa shape index (κ2) is 5.87. The van der Waals surface area contributed by atoms with Crippen molar-refractivity contribution >= 4 is 5.91 Å². The molecule has 1 fully saturated rings. The summed E-state index contributed by atoms with van der Waals surface area (Å²) >= 11 is 0. The van der Waals surface area contributed by atoms with Crippen LogP contribution >= 0.6 is 0 Å². The average molecular weight is 237 g/mol. The molecule has 2 rings (SSSR count). The van der Waals surface area contributed by atoms with Gasteiger partial charge >= 0.3 is 0 Å². The zero-order chi connectivity index (χ0) is 12.1. The summed E-state index contributed by atoms with van der Waals surface area (Å²) in [5.74, 6) is 1.07. The molecule has 0 aromatic carbocycles. The monoisotopic (exact) mass is 237 g/mol. The number of carbonyl (C=O) groups excluding carboxylic acids is 1. The first kappa shape index (κ1) is 12.2. The van der Waals surface area contributed by atoms with Crippen LogP contribution in [0.4, 0.5) is 0 Å². The van der Waals surface area contributed by atoms with E-state index in [1.54, 1.807) is 13.4 Å². The Hall–Kier alpha value is -1.29. The van der Waals surface area contributed by atoms with Crippen LogP contribution in [0.2, 0.25) is 0 Å². The molecule has 94 valence electrons. The predicted octanol–water partition coefficient (Wildman–Crippen LogP) is 2.10. The molecule has 1 amide bonds. The van der Waals surface area contributed by atoms with Crippen molar-refractivity contribution in [3.8, 4) is 0 Å². The summed E-state index contributed by atoms with van der Waals surface area (Å²) in [5, 5.41) is 2.91. The van der Waals surface area contributed by atoms with E-state index in [2.05, 4.69) is 5.32 Å². The Morgan fingerprint density at radius 3 is 2.82 bits per heavy atom. The highest BCUT2D eigenvalue weighted by atomic mass is 16.5. The van der Waals surface area contributed by atoms with Gasteiger partial charge in [-0.2, -0.15) is 0 Å². The highest BCUT2D eigenvalue weighted by molar-refractivity contribution is 5.78. The third-order valence-electron chi connectivity index (χ3n) is 3.40. The molecule has 0 radical (unpaired) electrons. The summed E-state index contributed by atoms with van der Waals surface area (Å²) in [6, 6.07) is 3.69. The van der Waals surface area contributed by atoms with Crippen molar-refractivity contribution < 1.29 is 13.9 Å². The maximum Gasteiger partial charge on any atom is 0.223 e. The normalized spacial score (nSPS) is 24.5. The van der Waals surface area contributed by atoms with Crippen LogP contribution in [-0.4, -0.2) is 19.1 Å². The third-order valence-corrected chi connectivity index (χ3v) is 3.40. The standard InChI is InChI=1S/C13H19NO3/c1-16-11-6-4-10(5-7-11)13(15)14-9-12-3-2-8-17-12/h2-3,8,10-11H,4-7,9H2,1H3,(H,14,15). The second-order valence-corrected chi connectivity index (χ2v) is 4.51. The molecular weight excluding hydrogens is 218 g/mol. The molecule has 1 aromatic rings. The van der Waals surface area contributed by atoms with Gasteiger partial charge in [0.1, 0.15) is 5.76 Å². The molecule has 0 unspecified atom stereocenters. The Labute approximate surface area is 101 Å². The fourth-order valence-corrected chi connectivity index (χ4v) is 2.29. The molecule has 0 aliphatic heterocycles. The minimum Gasteiger partial charge on any atom is -0.467 e. The van der Waals surface area contributed by atoms with Gasteiger partial charge in [0.05, 0.1) is 18.9 Å². The first-order chi connectivity index (χ1) is 8.29. The summed E-state index contributed by atoms with van der Waals surface area (Å²) in [6.07, 6.45) is 5.75. The SMILES string of the molecule is COC1CCC(C(=O)NCc2ccco2)CC1. The summed E-state index contributed by atoms with van der Waals surface area (Å²) < 4.78 is 10.5. The lowest BCUT2D eigenvalue weighted by Crippen LogP contribution is -2.34. The molecule has 0 bridgehead atoms. The van der Waals surface area contributed by atoms with Crippen LogP contribution in [0, 0.1) is 5.92 Å². The van der Waals surface area contributed by atoms with E-state index in [9.17, 15) is 4.79 Å². The zero-order valence-corrected chi connectivity index (χ0v) is 10.1. The van der Waals surface area contributed by atoms with Crippen LogP contribution in [0.15, 0.2) is 22.8 Å². The molecule has 1 N–H and O–H groups in total. The number of methoxy groups -OCH3 is 1. The highest BCUT2D eigenvalue weighted by Gasteiger charge is 2.25. The molecule has 0 atom stereocenters. The van der Waals surface area contributed by atoms with Gasteiger partial charge in [-0.3, -0.25) is 4.79 Å². The lowest BCUT2D eigenvalue weighted by Gasteiger charge is -2.26. The van der Waals surface area contributed by atoms with Gasteiger partial charge in [0.15, 0.2) is 0 Å². The smallest absolute Gasteiger partial charge is 0.223 e. The summed E-state index contributed by atoms with van der Waals surface area (Å²) in [6.45, 7) is 0.482. The number of furan rings is 1. The van der Waals surface area contributed by atoms with E-state index in [0.29, 0.717) is 12.6 Å². The van der Waals surface area contributed by atoms with Crippen molar-refractivity contribution in [2.24, 2.45) is 5.92 Å². The Bertz CT molecular complexity index is 340. The Kier molecular flexibility index (Phi) is 4.20. The molecule has 1 heterocycles. The minimum atomic E-state index is 0.135. The van der Waals surface area contributed by atoms with E-state index in [-0.39, 0.29) is 11.8 Å². The topological polar surface area (TPSA) is 51.5 Å². The third kappa shape index (κ3) is 3.33. The van der Waals surface area contributed by atoms with Crippen molar-refractivity contribution in [3.63, 3.8) is 0 Å². The fraction of sp³-hybridized carbons (Fsp3) is 0.615. The van der Waals surface area contributed by atoms with Crippen molar-refractivity contribution in [1.29, 1.82) is 0 Å². The molecule has 1 aliphatic rings. The number of nitrogens with one attached hydrogen (secondary N) is 1. The van der Waals surface area contributed by atoms with Gasteiger partial charge in [-0.05, 0) is 37.8 Å². The van der Waals surface area contributed by atoms with E-state index in [1.807, 2.05) is 12.1 Å². The second-order valence-electron chi connectivity index (χ2n) is 4.51. The predicted molar refractivity (Wildman–Crippen MR) is 63.3 cm³/mol. The first-order valence-electron chi connectivity index (χ1n) is 6.12. The quantitative estimate of drug-likeness (QED) is 0.872. The Morgan fingerprint density at radius 1 is 1.47 bits per heavy atom. The van der Waals surface area contributed by atoms with E-state index in [1.165, 1.54) is 0 Å². The minimum absolute atomic E-state index is 0.135. The van der Waals surface area contributed by atoms with Crippen LogP contribution in [-0.2, 0) is 16.1 Å². The van der Waals surface area contributed by atoms with Gasteiger partial charge in [0, 0.05) is 13.0 Å². The van der Waals surface area contributed by atoms with Gasteiger partial charge in [-0.25, -0.2) is 0 Å². The number of hydrogen-bond acceptors (Lipinski definition) is 3. The zero-order valence-electron chi connectivity index (χ0n) is 10.1. The number of hydrogen-bond donors (Lipinski definition) is 1. The maximum absolute atomic E-state index is 11.9. The largest absolute Gasteiger partial charge is 0.467 e. The van der Waals surface area contributed by atoms with Crippen molar-refractivity contribution in [1.82, 2.24) is 5.32 Å².